The molecule has 126 valence electrons. The van der Waals surface area contributed by atoms with Crippen molar-refractivity contribution in [3.8, 4) is 0 Å². The van der Waals surface area contributed by atoms with Crippen LogP contribution in [0.1, 0.15) is 20.7 Å². The van der Waals surface area contributed by atoms with Gasteiger partial charge in [0.25, 0.3) is 0 Å². The van der Waals surface area contributed by atoms with Crippen LogP contribution in [0.25, 0.3) is 0 Å². The summed E-state index contributed by atoms with van der Waals surface area (Å²) in [6.07, 6.45) is 2.77. The van der Waals surface area contributed by atoms with Crippen molar-refractivity contribution >= 4 is 35.5 Å². The molecular formula is C15H19NO5S2. The molecule has 1 aliphatic heterocycles. The zero-order valence-corrected chi connectivity index (χ0v) is 14.3. The number of aromatic nitrogens is 1. The molecule has 2 heterocycles. The Morgan fingerprint density at radius 1 is 0.783 bits per heavy atom. The molecule has 0 radical (unpaired) electrons. The second-order valence-corrected chi connectivity index (χ2v) is 7.02. The van der Waals surface area contributed by atoms with Crippen molar-refractivity contribution in [3.05, 3.63) is 29.6 Å². The molecular weight excluding hydrogens is 338 g/mol. The zero-order chi connectivity index (χ0) is 16.3. The fourth-order valence-corrected chi connectivity index (χ4v) is 3.04. The Morgan fingerprint density at radius 3 is 1.78 bits per heavy atom. The highest BCUT2D eigenvalue weighted by atomic mass is 32.2. The third-order valence-corrected chi connectivity index (χ3v) is 4.70. The molecule has 8 heteroatoms. The predicted octanol–water partition coefficient (Wildman–Crippen LogP) is 1.89. The van der Waals surface area contributed by atoms with Crippen LogP contribution in [0, 0.1) is 0 Å². The molecule has 0 aromatic carbocycles. The highest BCUT2D eigenvalue weighted by Crippen LogP contribution is 2.09. The molecule has 0 spiro atoms. The van der Waals surface area contributed by atoms with Gasteiger partial charge < -0.3 is 14.2 Å². The monoisotopic (exact) mass is 357 g/mol. The number of carbonyl (C=O) groups excluding carboxylic acids is 2. The first-order valence-electron chi connectivity index (χ1n) is 7.30. The van der Waals surface area contributed by atoms with E-state index in [-0.39, 0.29) is 11.1 Å². The number of thioether (sulfide) groups is 2. The van der Waals surface area contributed by atoms with E-state index in [1.165, 1.54) is 18.5 Å². The van der Waals surface area contributed by atoms with Gasteiger partial charge in [0.1, 0.15) is 13.2 Å². The lowest BCUT2D eigenvalue weighted by atomic mass is 10.2. The lowest BCUT2D eigenvalue weighted by molar-refractivity contribution is 0.0528. The van der Waals surface area contributed by atoms with Gasteiger partial charge in [0.05, 0.1) is 24.3 Å². The van der Waals surface area contributed by atoms with Crippen LogP contribution in [0.2, 0.25) is 0 Å². The first-order chi connectivity index (χ1) is 11.3. The van der Waals surface area contributed by atoms with E-state index in [1.54, 1.807) is 23.5 Å². The van der Waals surface area contributed by atoms with Gasteiger partial charge in [0.2, 0.25) is 0 Å². The predicted molar refractivity (Wildman–Crippen MR) is 90.3 cm³/mol. The number of hydrogen-bond donors (Lipinski definition) is 0. The summed E-state index contributed by atoms with van der Waals surface area (Å²) in [5.74, 6) is 2.19. The van der Waals surface area contributed by atoms with E-state index in [0.717, 1.165) is 11.5 Å². The Balaban J connectivity index is 1.96. The molecule has 0 saturated heterocycles. The van der Waals surface area contributed by atoms with Gasteiger partial charge in [-0.25, -0.2) is 9.59 Å². The Kier molecular flexibility index (Phi) is 8.27. The van der Waals surface area contributed by atoms with E-state index in [0.29, 0.717) is 37.9 Å². The van der Waals surface area contributed by atoms with Crippen molar-refractivity contribution in [2.45, 2.75) is 0 Å². The first kappa shape index (κ1) is 18.1. The fraction of sp³-hybridized carbons (Fsp3) is 0.533. The summed E-state index contributed by atoms with van der Waals surface area (Å²) in [5.41, 5.74) is 0.506. The number of ether oxygens (including phenoxy) is 3. The third kappa shape index (κ3) is 6.80. The van der Waals surface area contributed by atoms with E-state index in [4.69, 9.17) is 14.2 Å². The zero-order valence-electron chi connectivity index (χ0n) is 12.7. The minimum atomic E-state index is -0.485. The number of nitrogens with zero attached hydrogens (tertiary/aromatic N) is 1. The second kappa shape index (κ2) is 10.5. The van der Waals surface area contributed by atoms with E-state index < -0.39 is 11.9 Å². The quantitative estimate of drug-likeness (QED) is 0.652. The minimum absolute atomic E-state index is 0.253. The molecule has 0 saturated carbocycles. The maximum atomic E-state index is 11.9. The normalized spacial score (nSPS) is 19.1. The van der Waals surface area contributed by atoms with Crippen LogP contribution < -0.4 is 0 Å². The molecule has 23 heavy (non-hydrogen) atoms. The summed E-state index contributed by atoms with van der Waals surface area (Å²) in [7, 11) is 0. The lowest BCUT2D eigenvalue weighted by Crippen LogP contribution is -2.13. The first-order valence-corrected chi connectivity index (χ1v) is 9.61. The average molecular weight is 357 g/mol. The maximum Gasteiger partial charge on any atom is 0.339 e. The van der Waals surface area contributed by atoms with E-state index >= 15 is 0 Å². The molecule has 0 aliphatic carbocycles. The van der Waals surface area contributed by atoms with Gasteiger partial charge in [-0.15, -0.1) is 0 Å². The summed E-state index contributed by atoms with van der Waals surface area (Å²) in [5, 5.41) is 0. The average Bonchev–Trinajstić information content (AvgIpc) is 2.58. The molecule has 1 aromatic rings. The molecule has 2 rings (SSSR count). The Morgan fingerprint density at radius 2 is 1.26 bits per heavy atom. The van der Waals surface area contributed by atoms with Crippen molar-refractivity contribution in [3.63, 3.8) is 0 Å². The molecule has 6 nitrogen and oxygen atoms in total. The number of fused-ring (bicyclic) bond motifs is 2. The number of cyclic esters (lactones) is 2. The summed E-state index contributed by atoms with van der Waals surface area (Å²) >= 11 is 3.35. The van der Waals surface area contributed by atoms with Crippen molar-refractivity contribution in [2.75, 3.05) is 49.4 Å². The van der Waals surface area contributed by atoms with E-state index in [1.807, 2.05) is 0 Å². The topological polar surface area (TPSA) is 74.7 Å². The molecule has 0 N–H and O–H groups in total. The maximum absolute atomic E-state index is 11.9. The lowest BCUT2D eigenvalue weighted by Gasteiger charge is -2.08. The fourth-order valence-electron chi connectivity index (χ4n) is 1.76. The van der Waals surface area contributed by atoms with Gasteiger partial charge in [-0.1, -0.05) is 0 Å². The minimum Gasteiger partial charge on any atom is -0.461 e. The van der Waals surface area contributed by atoms with Gasteiger partial charge in [-0.3, -0.25) is 4.98 Å². The summed E-state index contributed by atoms with van der Waals surface area (Å²) in [4.78, 5) is 27.8. The molecule has 1 aromatic heterocycles. The molecule has 0 amide bonds. The van der Waals surface area contributed by atoms with Crippen molar-refractivity contribution in [2.24, 2.45) is 0 Å². The Bertz CT molecular complexity index is 485. The van der Waals surface area contributed by atoms with Gasteiger partial charge in [0, 0.05) is 35.4 Å². The van der Waals surface area contributed by atoms with Gasteiger partial charge >= 0.3 is 11.9 Å². The van der Waals surface area contributed by atoms with Gasteiger partial charge in [-0.2, -0.15) is 23.5 Å². The van der Waals surface area contributed by atoms with Crippen molar-refractivity contribution in [1.82, 2.24) is 4.98 Å². The summed E-state index contributed by atoms with van der Waals surface area (Å²) < 4.78 is 15.8. The number of esters is 2. The molecule has 0 fully saturated rings. The third-order valence-electron chi connectivity index (χ3n) is 2.88. The summed E-state index contributed by atoms with van der Waals surface area (Å²) in [6, 6.07) is 1.45. The SMILES string of the molecule is O=C1OCCSCCOCCSCCOC(=O)c2cncc1c2. The highest BCUT2D eigenvalue weighted by molar-refractivity contribution is 7.99. The van der Waals surface area contributed by atoms with Crippen LogP contribution in [-0.2, 0) is 14.2 Å². The van der Waals surface area contributed by atoms with E-state index in [2.05, 4.69) is 4.98 Å². The van der Waals surface area contributed by atoms with Crippen LogP contribution >= 0.6 is 23.5 Å². The van der Waals surface area contributed by atoms with Crippen LogP contribution in [0.5, 0.6) is 0 Å². The van der Waals surface area contributed by atoms with Crippen LogP contribution in [0.3, 0.4) is 0 Å². The molecule has 0 unspecified atom stereocenters. The van der Waals surface area contributed by atoms with Crippen LogP contribution in [0.15, 0.2) is 18.5 Å². The molecule has 2 bridgehead atoms. The van der Waals surface area contributed by atoms with Gasteiger partial charge in [0.15, 0.2) is 0 Å². The van der Waals surface area contributed by atoms with Crippen LogP contribution in [-0.4, -0.2) is 66.4 Å². The van der Waals surface area contributed by atoms with Crippen LogP contribution in [0.4, 0.5) is 0 Å². The molecule has 0 atom stereocenters. The van der Waals surface area contributed by atoms with Gasteiger partial charge in [-0.05, 0) is 6.07 Å². The molecule has 1 aliphatic rings. The smallest absolute Gasteiger partial charge is 0.339 e. The van der Waals surface area contributed by atoms with Crippen molar-refractivity contribution < 1.29 is 23.8 Å². The van der Waals surface area contributed by atoms with Crippen molar-refractivity contribution in [1.29, 1.82) is 0 Å². The Hall–Kier alpha value is -1.25. The second-order valence-electron chi connectivity index (χ2n) is 4.57. The number of rotatable bonds is 0. The standard InChI is InChI=1S/C15H19NO5S2/c17-14-12-9-13(11-16-10-12)15(18)21-4-8-23-6-2-19-1-5-22-7-3-20-14/h9-11H,1-8H2. The van der Waals surface area contributed by atoms with E-state index in [9.17, 15) is 9.59 Å². The number of pyridine rings is 1. The number of hydrogen-bond acceptors (Lipinski definition) is 8. The number of carbonyl (C=O) groups is 2. The largest absolute Gasteiger partial charge is 0.461 e. The Labute approximate surface area is 143 Å². The highest BCUT2D eigenvalue weighted by Gasteiger charge is 2.13. The summed E-state index contributed by atoms with van der Waals surface area (Å²) in [6.45, 7) is 1.99.